The molecule has 2 rings (SSSR count). The Morgan fingerprint density at radius 1 is 1.43 bits per heavy atom. The van der Waals surface area contributed by atoms with Gasteiger partial charge in [-0.1, -0.05) is 0 Å². The standard InChI is InChI=1S/C13H13N5O3/c1-7(19)8-4-11-12(21-3-2-20-11)5-9(8)17-18-10(6-14)13(15)16/h4-5,17H,2-3H2,1H3,(H3,15,16)/b18-10+. The number of hydrogen-bond donors (Lipinski definition) is 3. The Balaban J connectivity index is 2.40. The number of ether oxygens (including phenoxy) is 2. The largest absolute Gasteiger partial charge is 0.486 e. The van der Waals surface area contributed by atoms with Crippen LogP contribution in [0.5, 0.6) is 11.5 Å². The fraction of sp³-hybridized carbons (Fsp3) is 0.231. The SMILES string of the molecule is CC(=O)c1cc2c(cc1N/N=C(\C#N)C(=N)N)OCCO2. The van der Waals surface area contributed by atoms with Crippen molar-refractivity contribution in [1.29, 1.82) is 10.7 Å². The number of ketones is 1. The van der Waals surface area contributed by atoms with Crippen molar-refractivity contribution in [2.45, 2.75) is 6.92 Å². The fourth-order valence-electron chi connectivity index (χ4n) is 1.73. The van der Waals surface area contributed by atoms with Gasteiger partial charge < -0.3 is 15.2 Å². The Kier molecular flexibility index (Phi) is 4.04. The number of carbonyl (C=O) groups is 1. The Morgan fingerprint density at radius 2 is 2.05 bits per heavy atom. The van der Waals surface area contributed by atoms with Crippen molar-refractivity contribution < 1.29 is 14.3 Å². The number of amidine groups is 1. The molecule has 0 aliphatic carbocycles. The fourth-order valence-corrected chi connectivity index (χ4v) is 1.73. The van der Waals surface area contributed by atoms with Crippen LogP contribution in [-0.4, -0.2) is 30.5 Å². The van der Waals surface area contributed by atoms with Crippen molar-refractivity contribution in [2.75, 3.05) is 18.6 Å². The van der Waals surface area contributed by atoms with Gasteiger partial charge in [0.1, 0.15) is 19.3 Å². The van der Waals surface area contributed by atoms with E-state index in [4.69, 9.17) is 25.9 Å². The first-order valence-electron chi connectivity index (χ1n) is 6.05. The van der Waals surface area contributed by atoms with E-state index < -0.39 is 5.84 Å². The van der Waals surface area contributed by atoms with Crippen LogP contribution in [0.3, 0.4) is 0 Å². The Labute approximate surface area is 120 Å². The maximum absolute atomic E-state index is 11.7. The number of nitriles is 1. The highest BCUT2D eigenvalue weighted by Crippen LogP contribution is 2.35. The predicted molar refractivity (Wildman–Crippen MR) is 76.0 cm³/mol. The molecule has 1 heterocycles. The second-order valence-corrected chi connectivity index (χ2v) is 4.20. The minimum Gasteiger partial charge on any atom is -0.486 e. The molecule has 0 bridgehead atoms. The molecule has 21 heavy (non-hydrogen) atoms. The first-order valence-corrected chi connectivity index (χ1v) is 6.05. The van der Waals surface area contributed by atoms with Crippen molar-refractivity contribution in [1.82, 2.24) is 0 Å². The molecule has 0 atom stereocenters. The molecule has 1 aromatic rings. The van der Waals surface area contributed by atoms with E-state index in [1.54, 1.807) is 18.2 Å². The number of fused-ring (bicyclic) bond motifs is 1. The van der Waals surface area contributed by atoms with Crippen molar-refractivity contribution in [3.05, 3.63) is 17.7 Å². The van der Waals surface area contributed by atoms with E-state index in [-0.39, 0.29) is 11.5 Å². The Bertz CT molecular complexity index is 675. The summed E-state index contributed by atoms with van der Waals surface area (Å²) < 4.78 is 10.8. The Morgan fingerprint density at radius 3 is 2.57 bits per heavy atom. The van der Waals surface area contributed by atoms with Crippen LogP contribution < -0.4 is 20.6 Å². The zero-order valence-corrected chi connectivity index (χ0v) is 11.3. The monoisotopic (exact) mass is 287 g/mol. The summed E-state index contributed by atoms with van der Waals surface area (Å²) in [6, 6.07) is 4.79. The third-order valence-electron chi connectivity index (χ3n) is 2.71. The average Bonchev–Trinajstić information content (AvgIpc) is 2.46. The van der Waals surface area contributed by atoms with Crippen LogP contribution in [-0.2, 0) is 0 Å². The summed E-state index contributed by atoms with van der Waals surface area (Å²) in [7, 11) is 0. The molecule has 0 fully saturated rings. The lowest BCUT2D eigenvalue weighted by Crippen LogP contribution is -2.22. The minimum absolute atomic E-state index is 0.203. The van der Waals surface area contributed by atoms with Gasteiger partial charge in [0.05, 0.1) is 5.69 Å². The van der Waals surface area contributed by atoms with Crippen LogP contribution in [0, 0.1) is 16.7 Å². The highest BCUT2D eigenvalue weighted by molar-refractivity contribution is 6.45. The highest BCUT2D eigenvalue weighted by Gasteiger charge is 2.18. The molecule has 0 radical (unpaired) electrons. The molecule has 0 unspecified atom stereocenters. The van der Waals surface area contributed by atoms with Crippen molar-refractivity contribution >= 4 is 23.0 Å². The van der Waals surface area contributed by atoms with Crippen LogP contribution in [0.1, 0.15) is 17.3 Å². The zero-order chi connectivity index (χ0) is 15.4. The van der Waals surface area contributed by atoms with Crippen molar-refractivity contribution in [3.63, 3.8) is 0 Å². The van der Waals surface area contributed by atoms with Crippen LogP contribution in [0.25, 0.3) is 0 Å². The maximum atomic E-state index is 11.7. The molecule has 0 saturated heterocycles. The summed E-state index contributed by atoms with van der Waals surface area (Å²) in [6.45, 7) is 2.22. The number of hydrazone groups is 1. The molecule has 4 N–H and O–H groups in total. The average molecular weight is 287 g/mol. The molecule has 0 saturated carbocycles. The lowest BCUT2D eigenvalue weighted by Gasteiger charge is -2.20. The summed E-state index contributed by atoms with van der Waals surface area (Å²) in [5, 5.41) is 19.7. The number of carbonyl (C=O) groups excluding carboxylic acids is 1. The number of Topliss-reactive ketones (excluding diaryl/α,β-unsaturated/α-hetero) is 1. The molecule has 8 nitrogen and oxygen atoms in total. The first kappa shape index (κ1) is 14.3. The van der Waals surface area contributed by atoms with E-state index in [0.717, 1.165) is 0 Å². The normalized spacial score (nSPS) is 13.2. The summed E-state index contributed by atoms with van der Waals surface area (Å²) in [5.41, 5.74) is 8.17. The zero-order valence-electron chi connectivity index (χ0n) is 11.3. The van der Waals surface area contributed by atoms with Gasteiger partial charge in [-0.05, 0) is 13.0 Å². The number of benzene rings is 1. The van der Waals surface area contributed by atoms with Crippen LogP contribution in [0.2, 0.25) is 0 Å². The van der Waals surface area contributed by atoms with Gasteiger partial charge in [0.2, 0.25) is 5.71 Å². The molecule has 108 valence electrons. The predicted octanol–water partition coefficient (Wildman–Crippen LogP) is 0.888. The van der Waals surface area contributed by atoms with Gasteiger partial charge in [-0.3, -0.25) is 15.6 Å². The van der Waals surface area contributed by atoms with Gasteiger partial charge in [0.15, 0.2) is 23.1 Å². The minimum atomic E-state index is -0.466. The van der Waals surface area contributed by atoms with Gasteiger partial charge in [-0.25, -0.2) is 0 Å². The Hall–Kier alpha value is -3.08. The third-order valence-corrected chi connectivity index (χ3v) is 2.71. The quantitative estimate of drug-likeness (QED) is 0.326. The van der Waals surface area contributed by atoms with Crippen LogP contribution in [0.15, 0.2) is 17.2 Å². The van der Waals surface area contributed by atoms with Gasteiger partial charge in [0, 0.05) is 11.6 Å². The molecular formula is C13H13N5O3. The molecule has 0 aromatic heterocycles. The van der Waals surface area contributed by atoms with E-state index in [9.17, 15) is 4.79 Å². The van der Waals surface area contributed by atoms with Gasteiger partial charge in [0.25, 0.3) is 0 Å². The van der Waals surface area contributed by atoms with E-state index in [2.05, 4.69) is 10.5 Å². The molecule has 0 amide bonds. The number of nitrogens with two attached hydrogens (primary N) is 1. The van der Waals surface area contributed by atoms with Gasteiger partial charge in [-0.15, -0.1) is 0 Å². The molecule has 0 spiro atoms. The van der Waals surface area contributed by atoms with E-state index in [1.807, 2.05) is 0 Å². The third kappa shape index (κ3) is 3.09. The summed E-state index contributed by atoms with van der Waals surface area (Å²) >= 11 is 0. The van der Waals surface area contributed by atoms with E-state index in [0.29, 0.717) is 36.0 Å². The van der Waals surface area contributed by atoms with Crippen molar-refractivity contribution in [3.8, 4) is 17.6 Å². The number of nitrogens with one attached hydrogen (secondary N) is 2. The molecule has 8 heteroatoms. The van der Waals surface area contributed by atoms with Crippen LogP contribution >= 0.6 is 0 Å². The highest BCUT2D eigenvalue weighted by atomic mass is 16.6. The second kappa shape index (κ2) is 5.92. The lowest BCUT2D eigenvalue weighted by molar-refractivity contribution is 0.101. The van der Waals surface area contributed by atoms with Gasteiger partial charge >= 0.3 is 0 Å². The molecular weight excluding hydrogens is 274 g/mol. The number of hydrogen-bond acceptors (Lipinski definition) is 7. The summed E-state index contributed by atoms with van der Waals surface area (Å²) in [5.74, 6) is 0.288. The van der Waals surface area contributed by atoms with E-state index >= 15 is 0 Å². The summed E-state index contributed by atoms with van der Waals surface area (Å²) in [4.78, 5) is 11.7. The van der Waals surface area contributed by atoms with Crippen molar-refractivity contribution in [2.24, 2.45) is 10.8 Å². The number of anilines is 1. The number of rotatable bonds is 4. The van der Waals surface area contributed by atoms with Gasteiger partial charge in [-0.2, -0.15) is 10.4 Å². The lowest BCUT2D eigenvalue weighted by atomic mass is 10.1. The maximum Gasteiger partial charge on any atom is 0.201 e. The second-order valence-electron chi connectivity index (χ2n) is 4.20. The van der Waals surface area contributed by atoms with E-state index in [1.165, 1.54) is 6.92 Å². The van der Waals surface area contributed by atoms with Crippen LogP contribution in [0.4, 0.5) is 5.69 Å². The topological polar surface area (TPSA) is 134 Å². The smallest absolute Gasteiger partial charge is 0.201 e. The molecule has 1 aromatic carbocycles. The number of nitrogens with zero attached hydrogens (tertiary/aromatic N) is 2. The summed E-state index contributed by atoms with van der Waals surface area (Å²) in [6.07, 6.45) is 0. The molecule has 1 aliphatic rings. The molecule has 1 aliphatic heterocycles. The first-order chi connectivity index (χ1) is 10.0.